The summed E-state index contributed by atoms with van der Waals surface area (Å²) in [5.74, 6) is -0.151. The lowest BCUT2D eigenvalue weighted by molar-refractivity contribution is 0.0995. The number of benzene rings is 2. The first-order chi connectivity index (χ1) is 11.7. The summed E-state index contributed by atoms with van der Waals surface area (Å²) in [6.07, 6.45) is 4.50. The quantitative estimate of drug-likeness (QED) is 0.777. The third-order valence-corrected chi connectivity index (χ3v) is 4.27. The zero-order chi connectivity index (χ0) is 16.5. The van der Waals surface area contributed by atoms with Crippen LogP contribution in [0.25, 0.3) is 11.3 Å². The molecule has 0 atom stereocenters. The molecule has 0 bridgehead atoms. The Hall–Kier alpha value is -3.21. The largest absolute Gasteiger partial charge is 0.345 e. The molecule has 1 amide bonds. The summed E-state index contributed by atoms with van der Waals surface area (Å²) in [5.41, 5.74) is 4.56. The molecule has 0 fully saturated rings. The van der Waals surface area contributed by atoms with Crippen molar-refractivity contribution >= 4 is 17.4 Å². The number of imidazole rings is 1. The van der Waals surface area contributed by atoms with Crippen molar-refractivity contribution in [3.05, 3.63) is 71.7 Å². The molecule has 5 nitrogen and oxygen atoms in total. The first-order valence-corrected chi connectivity index (χ1v) is 7.78. The first-order valence-electron chi connectivity index (χ1n) is 7.78. The van der Waals surface area contributed by atoms with Crippen molar-refractivity contribution in [2.24, 2.45) is 0 Å². The predicted octanol–water partition coefficient (Wildman–Crippen LogP) is 3.46. The van der Waals surface area contributed by atoms with Crippen LogP contribution in [0.1, 0.15) is 32.7 Å². The third kappa shape index (κ3) is 2.40. The van der Waals surface area contributed by atoms with Gasteiger partial charge in [0.05, 0.1) is 23.9 Å². The molecule has 0 aliphatic heterocycles. The highest BCUT2D eigenvalue weighted by atomic mass is 16.1. The Bertz CT molecular complexity index is 915. The zero-order valence-corrected chi connectivity index (χ0v) is 12.9. The highest BCUT2D eigenvalue weighted by Gasteiger charge is 2.27. The third-order valence-electron chi connectivity index (χ3n) is 4.27. The van der Waals surface area contributed by atoms with Gasteiger partial charge in [-0.05, 0) is 30.2 Å². The molecule has 1 heterocycles. The highest BCUT2D eigenvalue weighted by molar-refractivity contribution is 6.12. The Balaban J connectivity index is 1.74. The van der Waals surface area contributed by atoms with Crippen LogP contribution in [0.3, 0.4) is 0 Å². The topological polar surface area (TPSA) is 74.8 Å². The van der Waals surface area contributed by atoms with Gasteiger partial charge in [0.15, 0.2) is 5.78 Å². The molecular formula is C19H15N3O2. The van der Waals surface area contributed by atoms with Crippen LogP contribution < -0.4 is 5.32 Å². The second kappa shape index (κ2) is 5.77. The Morgan fingerprint density at radius 3 is 2.67 bits per heavy atom. The summed E-state index contributed by atoms with van der Waals surface area (Å²) in [6, 6.07) is 12.7. The van der Waals surface area contributed by atoms with Gasteiger partial charge in [-0.1, -0.05) is 24.3 Å². The molecule has 3 aromatic rings. The minimum absolute atomic E-state index is 0.0646. The monoisotopic (exact) mass is 317 g/mol. The Morgan fingerprint density at radius 2 is 1.92 bits per heavy atom. The average molecular weight is 317 g/mol. The van der Waals surface area contributed by atoms with E-state index in [-0.39, 0.29) is 11.7 Å². The molecule has 4 rings (SSSR count). The minimum Gasteiger partial charge on any atom is -0.345 e. The Morgan fingerprint density at radius 1 is 1.08 bits per heavy atom. The second-order valence-corrected chi connectivity index (χ2v) is 5.72. The van der Waals surface area contributed by atoms with E-state index in [9.17, 15) is 9.59 Å². The molecule has 1 aliphatic carbocycles. The van der Waals surface area contributed by atoms with Crippen molar-refractivity contribution in [3.63, 3.8) is 0 Å². The smallest absolute Gasteiger partial charge is 0.255 e. The van der Waals surface area contributed by atoms with Crippen LogP contribution in [0.5, 0.6) is 0 Å². The van der Waals surface area contributed by atoms with Crippen LogP contribution in [0.2, 0.25) is 0 Å². The number of nitrogens with zero attached hydrogens (tertiary/aromatic N) is 1. The van der Waals surface area contributed by atoms with E-state index in [2.05, 4.69) is 15.3 Å². The van der Waals surface area contributed by atoms with E-state index in [1.807, 2.05) is 24.3 Å². The molecule has 2 aromatic carbocycles. The molecule has 0 spiro atoms. The standard InChI is InChI=1S/C19H15N3O2/c23-17-9-7-14-13(16-10-20-11-21-16)6-8-15(18(14)17)22-19(24)12-4-2-1-3-5-12/h1-6,8,10-11H,7,9H2,(H,20,21)(H,22,24). The molecule has 118 valence electrons. The van der Waals surface area contributed by atoms with Crippen molar-refractivity contribution in [1.82, 2.24) is 9.97 Å². The van der Waals surface area contributed by atoms with Crippen molar-refractivity contribution in [2.45, 2.75) is 12.8 Å². The minimum atomic E-state index is -0.216. The van der Waals surface area contributed by atoms with E-state index in [1.54, 1.807) is 30.7 Å². The van der Waals surface area contributed by atoms with E-state index in [0.717, 1.165) is 16.8 Å². The van der Waals surface area contributed by atoms with E-state index >= 15 is 0 Å². The van der Waals surface area contributed by atoms with Crippen LogP contribution in [0, 0.1) is 0 Å². The number of nitrogens with one attached hydrogen (secondary N) is 2. The lowest BCUT2D eigenvalue weighted by atomic mass is 9.99. The molecule has 2 N–H and O–H groups in total. The summed E-state index contributed by atoms with van der Waals surface area (Å²) in [6.45, 7) is 0. The average Bonchev–Trinajstić information content (AvgIpc) is 3.27. The lowest BCUT2D eigenvalue weighted by Gasteiger charge is -2.12. The molecule has 0 saturated carbocycles. The van der Waals surface area contributed by atoms with Crippen molar-refractivity contribution in [2.75, 3.05) is 5.32 Å². The lowest BCUT2D eigenvalue weighted by Crippen LogP contribution is -2.14. The number of hydrogen-bond acceptors (Lipinski definition) is 3. The van der Waals surface area contributed by atoms with Gasteiger partial charge in [-0.3, -0.25) is 9.59 Å². The van der Waals surface area contributed by atoms with Gasteiger partial charge in [-0.2, -0.15) is 0 Å². The predicted molar refractivity (Wildman–Crippen MR) is 91.1 cm³/mol. The second-order valence-electron chi connectivity index (χ2n) is 5.72. The molecule has 1 aliphatic rings. The van der Waals surface area contributed by atoms with Gasteiger partial charge < -0.3 is 10.3 Å². The van der Waals surface area contributed by atoms with Crippen molar-refractivity contribution in [1.29, 1.82) is 0 Å². The van der Waals surface area contributed by atoms with E-state index in [1.165, 1.54) is 0 Å². The molecule has 24 heavy (non-hydrogen) atoms. The summed E-state index contributed by atoms with van der Waals surface area (Å²) in [4.78, 5) is 31.9. The van der Waals surface area contributed by atoms with E-state index < -0.39 is 0 Å². The number of ketones is 1. The molecular weight excluding hydrogens is 302 g/mol. The number of rotatable bonds is 3. The van der Waals surface area contributed by atoms with Crippen LogP contribution in [-0.4, -0.2) is 21.7 Å². The number of carbonyl (C=O) groups excluding carboxylic acids is 2. The van der Waals surface area contributed by atoms with Gasteiger partial charge in [0.25, 0.3) is 5.91 Å². The van der Waals surface area contributed by atoms with Crippen LogP contribution in [0.15, 0.2) is 55.0 Å². The van der Waals surface area contributed by atoms with Crippen molar-refractivity contribution in [3.8, 4) is 11.3 Å². The van der Waals surface area contributed by atoms with Gasteiger partial charge in [0, 0.05) is 23.1 Å². The van der Waals surface area contributed by atoms with E-state index in [4.69, 9.17) is 0 Å². The maximum atomic E-state index is 12.4. The number of amides is 1. The summed E-state index contributed by atoms with van der Waals surface area (Å²) in [7, 11) is 0. The highest BCUT2D eigenvalue weighted by Crippen LogP contribution is 2.36. The normalized spacial score (nSPS) is 12.9. The number of fused-ring (bicyclic) bond motifs is 1. The summed E-state index contributed by atoms with van der Waals surface area (Å²) < 4.78 is 0. The number of Topliss-reactive ketones (excluding diaryl/α,β-unsaturated/α-hetero) is 1. The Kier molecular flexibility index (Phi) is 3.46. The molecule has 0 radical (unpaired) electrons. The van der Waals surface area contributed by atoms with Crippen molar-refractivity contribution < 1.29 is 9.59 Å². The van der Waals surface area contributed by atoms with Gasteiger partial charge >= 0.3 is 0 Å². The number of hydrogen-bond donors (Lipinski definition) is 2. The molecule has 0 saturated heterocycles. The van der Waals surface area contributed by atoms with Gasteiger partial charge in [-0.25, -0.2) is 4.98 Å². The number of anilines is 1. The molecule has 5 heteroatoms. The number of aromatic amines is 1. The van der Waals surface area contributed by atoms with Gasteiger partial charge in [-0.15, -0.1) is 0 Å². The number of aromatic nitrogens is 2. The van der Waals surface area contributed by atoms with Gasteiger partial charge in [0.1, 0.15) is 0 Å². The fraction of sp³-hybridized carbons (Fsp3) is 0.105. The Labute approximate surface area is 138 Å². The molecule has 1 aromatic heterocycles. The number of carbonyl (C=O) groups is 2. The van der Waals surface area contributed by atoms with Crippen LogP contribution in [0.4, 0.5) is 5.69 Å². The summed E-state index contributed by atoms with van der Waals surface area (Å²) in [5, 5.41) is 2.88. The molecule has 0 unspecified atom stereocenters. The first kappa shape index (κ1) is 14.4. The van der Waals surface area contributed by atoms with Gasteiger partial charge in [0.2, 0.25) is 0 Å². The fourth-order valence-electron chi connectivity index (χ4n) is 3.13. The van der Waals surface area contributed by atoms with Crippen LogP contribution in [-0.2, 0) is 6.42 Å². The zero-order valence-electron chi connectivity index (χ0n) is 12.9. The van der Waals surface area contributed by atoms with E-state index in [0.29, 0.717) is 29.7 Å². The fourth-order valence-corrected chi connectivity index (χ4v) is 3.13. The maximum Gasteiger partial charge on any atom is 0.255 e. The maximum absolute atomic E-state index is 12.4. The SMILES string of the molecule is O=C(Nc1ccc(-c2cnc[nH]2)c2c1C(=O)CC2)c1ccccc1. The summed E-state index contributed by atoms with van der Waals surface area (Å²) >= 11 is 0. The van der Waals surface area contributed by atoms with Crippen LogP contribution >= 0.6 is 0 Å². The number of H-pyrrole nitrogens is 1.